The van der Waals surface area contributed by atoms with Crippen molar-refractivity contribution in [2.75, 3.05) is 6.61 Å². The fourth-order valence-electron chi connectivity index (χ4n) is 1.00. The van der Waals surface area contributed by atoms with Crippen LogP contribution in [0.3, 0.4) is 0 Å². The Morgan fingerprint density at radius 3 is 2.64 bits per heavy atom. The number of benzene rings is 1. The fraction of sp³-hybridized carbons (Fsp3) is 0.400. The number of aliphatic hydroxyl groups is 1. The second-order valence-electron chi connectivity index (χ2n) is 2.91. The maximum Gasteiger partial charge on any atom is 0.138 e. The lowest BCUT2D eigenvalue weighted by Gasteiger charge is -2.15. The largest absolute Gasteiger partial charge is 0.486 e. The molecule has 14 heavy (non-hydrogen) atoms. The summed E-state index contributed by atoms with van der Waals surface area (Å²) in [4.78, 5) is 0. The summed E-state index contributed by atoms with van der Waals surface area (Å²) in [7, 11) is 0. The molecule has 1 aromatic carbocycles. The molecule has 0 amide bonds. The number of rotatable bonds is 4. The molecule has 0 radical (unpaired) electrons. The highest BCUT2D eigenvalue weighted by atomic mass is 35.5. The van der Waals surface area contributed by atoms with Gasteiger partial charge in [-0.3, -0.25) is 0 Å². The number of ether oxygens (including phenoxy) is 1. The van der Waals surface area contributed by atoms with Crippen molar-refractivity contribution in [3.05, 3.63) is 28.2 Å². The monoisotopic (exact) mass is 234 g/mol. The number of hydrogen-bond donors (Lipinski definition) is 1. The van der Waals surface area contributed by atoms with Crippen LogP contribution < -0.4 is 4.74 Å². The molecule has 0 bridgehead atoms. The van der Waals surface area contributed by atoms with Gasteiger partial charge in [-0.2, -0.15) is 0 Å². The van der Waals surface area contributed by atoms with Crippen LogP contribution in [0, 0.1) is 0 Å². The van der Waals surface area contributed by atoms with Crippen LogP contribution in [0.25, 0.3) is 0 Å². The van der Waals surface area contributed by atoms with Gasteiger partial charge in [-0.15, -0.1) is 0 Å². The summed E-state index contributed by atoms with van der Waals surface area (Å²) < 4.78 is 5.46. The Kier molecular flexibility index (Phi) is 4.52. The van der Waals surface area contributed by atoms with Gasteiger partial charge < -0.3 is 9.84 Å². The maximum atomic E-state index is 8.94. The Morgan fingerprint density at radius 2 is 2.14 bits per heavy atom. The molecule has 1 atom stereocenters. The van der Waals surface area contributed by atoms with Crippen LogP contribution in [0.4, 0.5) is 0 Å². The summed E-state index contributed by atoms with van der Waals surface area (Å²) in [6.45, 7) is 1.92. The Bertz CT molecular complexity index is 298. The zero-order valence-electron chi connectivity index (χ0n) is 7.84. The smallest absolute Gasteiger partial charge is 0.138 e. The van der Waals surface area contributed by atoms with Crippen molar-refractivity contribution in [3.63, 3.8) is 0 Å². The Balaban J connectivity index is 2.76. The lowest BCUT2D eigenvalue weighted by Crippen LogP contribution is -2.19. The summed E-state index contributed by atoms with van der Waals surface area (Å²) in [5.41, 5.74) is 0. The molecule has 0 aromatic heterocycles. The fourth-order valence-corrected chi connectivity index (χ4v) is 1.45. The summed E-state index contributed by atoms with van der Waals surface area (Å²) in [5.74, 6) is 0.553. The second kappa shape index (κ2) is 5.44. The van der Waals surface area contributed by atoms with Gasteiger partial charge in [0, 0.05) is 5.02 Å². The minimum Gasteiger partial charge on any atom is -0.486 e. The molecular formula is C10H12Cl2O2. The Hall–Kier alpha value is -0.440. The van der Waals surface area contributed by atoms with Gasteiger partial charge in [0.15, 0.2) is 0 Å². The van der Waals surface area contributed by atoms with Gasteiger partial charge in [0.25, 0.3) is 0 Å². The Labute approximate surface area is 93.4 Å². The Morgan fingerprint density at radius 1 is 1.43 bits per heavy atom. The topological polar surface area (TPSA) is 29.5 Å². The average molecular weight is 235 g/mol. The molecule has 0 heterocycles. The molecule has 1 rings (SSSR count). The number of halogens is 2. The first-order valence-electron chi connectivity index (χ1n) is 4.40. The molecule has 1 N–H and O–H groups in total. The summed E-state index contributed by atoms with van der Waals surface area (Å²) in [6.07, 6.45) is 0.517. The molecule has 4 heteroatoms. The molecule has 0 aliphatic heterocycles. The highest BCUT2D eigenvalue weighted by Crippen LogP contribution is 2.28. The summed E-state index contributed by atoms with van der Waals surface area (Å²) in [5, 5.41) is 9.97. The first-order valence-corrected chi connectivity index (χ1v) is 5.15. The van der Waals surface area contributed by atoms with Gasteiger partial charge in [-0.25, -0.2) is 0 Å². The first kappa shape index (κ1) is 11.6. The maximum absolute atomic E-state index is 8.94. The van der Waals surface area contributed by atoms with Crippen LogP contribution in [-0.4, -0.2) is 17.8 Å². The lowest BCUT2D eigenvalue weighted by molar-refractivity contribution is 0.113. The van der Waals surface area contributed by atoms with Crippen LogP contribution in [0.15, 0.2) is 18.2 Å². The van der Waals surface area contributed by atoms with Crippen molar-refractivity contribution in [2.24, 2.45) is 0 Å². The molecule has 0 aliphatic rings. The quantitative estimate of drug-likeness (QED) is 0.868. The van der Waals surface area contributed by atoms with Crippen LogP contribution in [-0.2, 0) is 0 Å². The van der Waals surface area contributed by atoms with E-state index in [0.717, 1.165) is 6.42 Å². The van der Waals surface area contributed by atoms with E-state index in [1.165, 1.54) is 0 Å². The third-order valence-corrected chi connectivity index (χ3v) is 2.38. The minimum absolute atomic E-state index is 0.0184. The van der Waals surface area contributed by atoms with Crippen molar-refractivity contribution in [1.29, 1.82) is 0 Å². The van der Waals surface area contributed by atoms with Crippen molar-refractivity contribution in [3.8, 4) is 5.75 Å². The molecule has 2 nitrogen and oxygen atoms in total. The SMILES string of the molecule is CCC(CO)Oc1ccc(Cl)cc1Cl. The summed E-state index contributed by atoms with van der Waals surface area (Å²) >= 11 is 11.6. The van der Waals surface area contributed by atoms with E-state index >= 15 is 0 Å². The standard InChI is InChI=1S/C10H12Cl2O2/c1-2-8(6-13)14-10-4-3-7(11)5-9(10)12/h3-5,8,13H,2,6H2,1H3. The van der Waals surface area contributed by atoms with E-state index in [-0.39, 0.29) is 12.7 Å². The number of aliphatic hydroxyl groups excluding tert-OH is 1. The van der Waals surface area contributed by atoms with Crippen molar-refractivity contribution < 1.29 is 9.84 Å². The van der Waals surface area contributed by atoms with Gasteiger partial charge in [0.05, 0.1) is 11.6 Å². The van der Waals surface area contributed by atoms with E-state index in [9.17, 15) is 0 Å². The predicted octanol–water partition coefficient (Wildman–Crippen LogP) is 3.14. The van der Waals surface area contributed by atoms with E-state index in [4.69, 9.17) is 33.0 Å². The molecule has 1 aromatic rings. The van der Waals surface area contributed by atoms with Crippen LogP contribution in [0.5, 0.6) is 5.75 Å². The predicted molar refractivity (Wildman–Crippen MR) is 58.3 cm³/mol. The zero-order valence-corrected chi connectivity index (χ0v) is 9.35. The summed E-state index contributed by atoms with van der Waals surface area (Å²) in [6, 6.07) is 5.01. The second-order valence-corrected chi connectivity index (χ2v) is 3.75. The third-order valence-electron chi connectivity index (χ3n) is 1.85. The molecule has 0 aliphatic carbocycles. The molecule has 0 saturated carbocycles. The van der Waals surface area contributed by atoms with Crippen molar-refractivity contribution in [1.82, 2.24) is 0 Å². The van der Waals surface area contributed by atoms with E-state index < -0.39 is 0 Å². The van der Waals surface area contributed by atoms with Crippen molar-refractivity contribution in [2.45, 2.75) is 19.4 Å². The van der Waals surface area contributed by atoms with E-state index in [2.05, 4.69) is 0 Å². The lowest BCUT2D eigenvalue weighted by atomic mass is 10.3. The van der Waals surface area contributed by atoms with Crippen molar-refractivity contribution >= 4 is 23.2 Å². The van der Waals surface area contributed by atoms with Crippen LogP contribution in [0.2, 0.25) is 10.0 Å². The third kappa shape index (κ3) is 3.05. The molecule has 78 valence electrons. The average Bonchev–Trinajstić information content (AvgIpc) is 2.17. The molecule has 0 fully saturated rings. The van der Waals surface area contributed by atoms with E-state index in [1.54, 1.807) is 18.2 Å². The highest BCUT2D eigenvalue weighted by molar-refractivity contribution is 6.35. The molecule has 1 unspecified atom stereocenters. The molecular weight excluding hydrogens is 223 g/mol. The minimum atomic E-state index is -0.214. The van der Waals surface area contributed by atoms with E-state index in [1.807, 2.05) is 6.92 Å². The molecule has 0 spiro atoms. The van der Waals surface area contributed by atoms with Gasteiger partial charge in [0.2, 0.25) is 0 Å². The number of hydrogen-bond acceptors (Lipinski definition) is 2. The normalized spacial score (nSPS) is 12.6. The molecule has 0 saturated heterocycles. The van der Waals surface area contributed by atoms with Gasteiger partial charge in [-0.05, 0) is 24.6 Å². The van der Waals surface area contributed by atoms with E-state index in [0.29, 0.717) is 15.8 Å². The zero-order chi connectivity index (χ0) is 10.6. The van der Waals surface area contributed by atoms with Gasteiger partial charge in [-0.1, -0.05) is 30.1 Å². The van der Waals surface area contributed by atoms with Crippen LogP contribution >= 0.6 is 23.2 Å². The van der Waals surface area contributed by atoms with Gasteiger partial charge in [0.1, 0.15) is 11.9 Å². The van der Waals surface area contributed by atoms with Crippen LogP contribution in [0.1, 0.15) is 13.3 Å². The van der Waals surface area contributed by atoms with Gasteiger partial charge >= 0.3 is 0 Å². The first-order chi connectivity index (χ1) is 6.67. The highest BCUT2D eigenvalue weighted by Gasteiger charge is 2.09.